The van der Waals surface area contributed by atoms with Gasteiger partial charge in [0.05, 0.1) is 18.7 Å². The van der Waals surface area contributed by atoms with Gasteiger partial charge in [0.2, 0.25) is 5.91 Å². The third-order valence-corrected chi connectivity index (χ3v) is 5.50. The predicted octanol–water partition coefficient (Wildman–Crippen LogP) is 2.72. The molecule has 0 aliphatic carbocycles. The number of alkyl halides is 3. The summed E-state index contributed by atoms with van der Waals surface area (Å²) in [6.07, 6.45) is -2.08. The molecular formula is C18H25F3N4OS. The number of carbonyl (C=O) groups excluding carboxylic acids is 1. The Bertz CT molecular complexity index is 658. The van der Waals surface area contributed by atoms with Crippen LogP contribution in [0.2, 0.25) is 0 Å². The Hall–Kier alpha value is -1.90. The third kappa shape index (κ3) is 7.32. The smallest absolute Gasteiger partial charge is 0.355 e. The van der Waals surface area contributed by atoms with E-state index in [-0.39, 0.29) is 19.0 Å². The van der Waals surface area contributed by atoms with Crippen molar-refractivity contribution < 1.29 is 18.0 Å². The van der Waals surface area contributed by atoms with Crippen molar-refractivity contribution in [2.24, 2.45) is 4.99 Å². The van der Waals surface area contributed by atoms with Crippen LogP contribution in [0.25, 0.3) is 0 Å². The zero-order valence-corrected chi connectivity index (χ0v) is 16.3. The van der Waals surface area contributed by atoms with Crippen molar-refractivity contribution >= 4 is 23.6 Å². The number of nitrogens with one attached hydrogen (secondary N) is 2. The molecule has 9 heteroatoms. The van der Waals surface area contributed by atoms with Gasteiger partial charge in [-0.15, -0.1) is 0 Å². The second-order valence-electron chi connectivity index (χ2n) is 6.52. The highest BCUT2D eigenvalue weighted by molar-refractivity contribution is 8.00. The average Bonchev–Trinajstić information content (AvgIpc) is 3.13. The van der Waals surface area contributed by atoms with E-state index >= 15 is 0 Å². The third-order valence-electron chi connectivity index (χ3n) is 4.10. The summed E-state index contributed by atoms with van der Waals surface area (Å²) in [5.74, 6) is 1.45. The van der Waals surface area contributed by atoms with E-state index in [0.717, 1.165) is 24.3 Å². The molecule has 1 fully saturated rings. The molecule has 0 saturated carbocycles. The van der Waals surface area contributed by atoms with Crippen LogP contribution in [-0.2, 0) is 17.5 Å². The molecule has 1 aliphatic heterocycles. The van der Waals surface area contributed by atoms with Crippen LogP contribution in [0.15, 0.2) is 29.3 Å². The molecule has 1 heterocycles. The minimum Gasteiger partial charge on any atom is -0.355 e. The van der Waals surface area contributed by atoms with Gasteiger partial charge in [-0.2, -0.15) is 24.9 Å². The molecule has 27 heavy (non-hydrogen) atoms. The maximum atomic E-state index is 12.8. The van der Waals surface area contributed by atoms with Crippen LogP contribution < -0.4 is 10.6 Å². The number of aliphatic imine (C=N–C) groups is 1. The fourth-order valence-corrected chi connectivity index (χ4v) is 3.73. The van der Waals surface area contributed by atoms with Crippen molar-refractivity contribution in [2.45, 2.75) is 30.8 Å². The van der Waals surface area contributed by atoms with E-state index in [9.17, 15) is 18.0 Å². The van der Waals surface area contributed by atoms with Gasteiger partial charge in [0.15, 0.2) is 5.96 Å². The minimum atomic E-state index is -4.38. The van der Waals surface area contributed by atoms with Gasteiger partial charge in [0.25, 0.3) is 0 Å². The molecule has 1 aromatic carbocycles. The summed E-state index contributed by atoms with van der Waals surface area (Å²) in [6.45, 7) is 0.863. The lowest BCUT2D eigenvalue weighted by Crippen LogP contribution is -2.44. The summed E-state index contributed by atoms with van der Waals surface area (Å²) in [5.41, 5.74) is -0.233. The van der Waals surface area contributed by atoms with Gasteiger partial charge in [0, 0.05) is 25.9 Å². The first-order valence-electron chi connectivity index (χ1n) is 8.76. The SMILES string of the molecule is CN(C)C(=O)CNC(=NCc1cccc(C(F)(F)F)c1)NCC1CCCS1. The molecule has 1 saturated heterocycles. The van der Waals surface area contributed by atoms with Gasteiger partial charge in [0.1, 0.15) is 0 Å². The van der Waals surface area contributed by atoms with E-state index in [1.807, 2.05) is 11.8 Å². The molecule has 5 nitrogen and oxygen atoms in total. The van der Waals surface area contributed by atoms with Crippen LogP contribution in [0.3, 0.4) is 0 Å². The van der Waals surface area contributed by atoms with Crippen molar-refractivity contribution in [1.29, 1.82) is 0 Å². The van der Waals surface area contributed by atoms with Crippen LogP contribution >= 0.6 is 11.8 Å². The summed E-state index contributed by atoms with van der Waals surface area (Å²) >= 11 is 1.89. The Balaban J connectivity index is 2.02. The molecular weight excluding hydrogens is 377 g/mol. The number of thioether (sulfide) groups is 1. The number of hydrogen-bond donors (Lipinski definition) is 2. The summed E-state index contributed by atoms with van der Waals surface area (Å²) in [4.78, 5) is 17.6. The van der Waals surface area contributed by atoms with E-state index in [1.54, 1.807) is 20.2 Å². The zero-order chi connectivity index (χ0) is 19.9. The fraction of sp³-hybridized carbons (Fsp3) is 0.556. The molecule has 150 valence electrons. The maximum Gasteiger partial charge on any atom is 0.416 e. The Kier molecular flexibility index (Phi) is 7.82. The molecule has 0 aromatic heterocycles. The Morgan fingerprint density at radius 3 is 2.74 bits per heavy atom. The number of halogens is 3. The predicted molar refractivity (Wildman–Crippen MR) is 103 cm³/mol. The number of hydrogen-bond acceptors (Lipinski definition) is 3. The van der Waals surface area contributed by atoms with E-state index in [0.29, 0.717) is 23.3 Å². The van der Waals surface area contributed by atoms with Crippen LogP contribution in [-0.4, -0.2) is 55.0 Å². The Morgan fingerprint density at radius 1 is 1.33 bits per heavy atom. The van der Waals surface area contributed by atoms with Crippen molar-refractivity contribution in [3.63, 3.8) is 0 Å². The number of amides is 1. The minimum absolute atomic E-state index is 0.0687. The van der Waals surface area contributed by atoms with Crippen molar-refractivity contribution in [3.05, 3.63) is 35.4 Å². The molecule has 1 atom stereocenters. The molecule has 1 aliphatic rings. The largest absolute Gasteiger partial charge is 0.416 e. The van der Waals surface area contributed by atoms with Gasteiger partial charge in [-0.1, -0.05) is 12.1 Å². The van der Waals surface area contributed by atoms with Crippen LogP contribution in [0.5, 0.6) is 0 Å². The number of carbonyl (C=O) groups is 1. The first-order valence-corrected chi connectivity index (χ1v) is 9.80. The first-order chi connectivity index (χ1) is 12.8. The highest BCUT2D eigenvalue weighted by Gasteiger charge is 2.30. The average molecular weight is 402 g/mol. The first kappa shape index (κ1) is 21.4. The highest BCUT2D eigenvalue weighted by atomic mass is 32.2. The summed E-state index contributed by atoms with van der Waals surface area (Å²) in [7, 11) is 3.32. The number of rotatable bonds is 6. The standard InChI is InChI=1S/C18H25F3N4OS/c1-25(2)16(26)12-24-17(23-11-15-7-4-8-27-15)22-10-13-5-3-6-14(9-13)18(19,20)21/h3,5-6,9,15H,4,7-8,10-12H2,1-2H3,(H2,22,23,24). The van der Waals surface area contributed by atoms with Gasteiger partial charge in [-0.05, 0) is 36.3 Å². The van der Waals surface area contributed by atoms with E-state index in [2.05, 4.69) is 15.6 Å². The summed E-state index contributed by atoms with van der Waals surface area (Å²) in [6, 6.07) is 5.11. The lowest BCUT2D eigenvalue weighted by Gasteiger charge is -2.17. The van der Waals surface area contributed by atoms with E-state index in [1.165, 1.54) is 17.4 Å². The molecule has 0 spiro atoms. The quantitative estimate of drug-likeness (QED) is 0.568. The topological polar surface area (TPSA) is 56.7 Å². The highest BCUT2D eigenvalue weighted by Crippen LogP contribution is 2.29. The molecule has 2 rings (SSSR count). The monoisotopic (exact) mass is 402 g/mol. The lowest BCUT2D eigenvalue weighted by molar-refractivity contribution is -0.137. The summed E-state index contributed by atoms with van der Waals surface area (Å²) < 4.78 is 38.5. The van der Waals surface area contributed by atoms with Crippen LogP contribution in [0, 0.1) is 0 Å². The Labute approximate surface area is 161 Å². The number of nitrogens with zero attached hydrogens (tertiary/aromatic N) is 2. The second-order valence-corrected chi connectivity index (χ2v) is 7.93. The number of benzene rings is 1. The van der Waals surface area contributed by atoms with E-state index in [4.69, 9.17) is 0 Å². The van der Waals surface area contributed by atoms with Gasteiger partial charge < -0.3 is 15.5 Å². The van der Waals surface area contributed by atoms with Gasteiger partial charge in [-0.3, -0.25) is 4.79 Å². The van der Waals surface area contributed by atoms with Crippen LogP contribution in [0.1, 0.15) is 24.0 Å². The van der Waals surface area contributed by atoms with Gasteiger partial charge in [-0.25, -0.2) is 4.99 Å². The second kappa shape index (κ2) is 9.87. The van der Waals surface area contributed by atoms with Crippen LogP contribution in [0.4, 0.5) is 13.2 Å². The van der Waals surface area contributed by atoms with Crippen molar-refractivity contribution in [2.75, 3.05) is 32.9 Å². The molecule has 1 amide bonds. The number of likely N-dealkylation sites (N-methyl/N-ethyl adjacent to an activating group) is 1. The lowest BCUT2D eigenvalue weighted by atomic mass is 10.1. The number of guanidine groups is 1. The molecule has 1 aromatic rings. The maximum absolute atomic E-state index is 12.8. The molecule has 2 N–H and O–H groups in total. The zero-order valence-electron chi connectivity index (χ0n) is 15.5. The molecule has 1 unspecified atom stereocenters. The summed E-state index contributed by atoms with van der Waals surface area (Å²) in [5, 5.41) is 6.63. The van der Waals surface area contributed by atoms with Crippen molar-refractivity contribution in [1.82, 2.24) is 15.5 Å². The van der Waals surface area contributed by atoms with Crippen molar-refractivity contribution in [3.8, 4) is 0 Å². The van der Waals surface area contributed by atoms with Gasteiger partial charge >= 0.3 is 6.18 Å². The molecule has 0 bridgehead atoms. The normalized spacial score (nSPS) is 17.7. The molecule has 0 radical (unpaired) electrons. The van der Waals surface area contributed by atoms with E-state index < -0.39 is 11.7 Å². The Morgan fingerprint density at radius 2 is 2.11 bits per heavy atom. The fourth-order valence-electron chi connectivity index (χ4n) is 2.52.